The zero-order valence-electron chi connectivity index (χ0n) is 8.51. The molecule has 0 radical (unpaired) electrons. The van der Waals surface area contributed by atoms with E-state index in [1.807, 2.05) is 0 Å². The average Bonchev–Trinajstić information content (AvgIpc) is 1.82. The van der Waals surface area contributed by atoms with Crippen LogP contribution in [-0.2, 0) is 0 Å². The molecule has 12 heavy (non-hydrogen) atoms. The van der Waals surface area contributed by atoms with Crippen molar-refractivity contribution in [3.05, 3.63) is 0 Å². The van der Waals surface area contributed by atoms with Gasteiger partial charge in [0.05, 0.1) is 0 Å². The highest BCUT2D eigenvalue weighted by atomic mass is 14.7. The van der Waals surface area contributed by atoms with Gasteiger partial charge in [-0.2, -0.15) is 0 Å². The zero-order chi connectivity index (χ0) is 9.35. The van der Waals surface area contributed by atoms with Crippen molar-refractivity contribution in [2.24, 2.45) is 28.7 Å². The fourth-order valence-electron chi connectivity index (χ4n) is 2.84. The highest BCUT2D eigenvalue weighted by Crippen LogP contribution is 2.41. The molecule has 0 aromatic heterocycles. The van der Waals surface area contributed by atoms with Crippen LogP contribution in [0.25, 0.3) is 0 Å². The van der Waals surface area contributed by atoms with Gasteiger partial charge in [-0.1, -0.05) is 20.8 Å². The first-order chi connectivity index (χ1) is 5.47. The highest BCUT2D eigenvalue weighted by molar-refractivity contribution is 4.92. The molecule has 1 saturated carbocycles. The van der Waals surface area contributed by atoms with Crippen LogP contribution >= 0.6 is 0 Å². The highest BCUT2D eigenvalue weighted by Gasteiger charge is 2.38. The fraction of sp³-hybridized carbons (Fsp3) is 1.00. The third-order valence-corrected chi connectivity index (χ3v) is 3.32. The zero-order valence-corrected chi connectivity index (χ0v) is 8.51. The minimum atomic E-state index is 0.314. The van der Waals surface area contributed by atoms with Crippen LogP contribution in [0.3, 0.4) is 0 Å². The van der Waals surface area contributed by atoms with Crippen molar-refractivity contribution in [1.29, 1.82) is 0 Å². The summed E-state index contributed by atoms with van der Waals surface area (Å²) < 4.78 is 0. The van der Waals surface area contributed by atoms with E-state index in [4.69, 9.17) is 11.5 Å². The Morgan fingerprint density at radius 2 is 2.00 bits per heavy atom. The van der Waals surface area contributed by atoms with Crippen LogP contribution in [0.1, 0.15) is 33.6 Å². The van der Waals surface area contributed by atoms with Crippen LogP contribution < -0.4 is 11.5 Å². The SMILES string of the molecule is CC1CC(N)C(CN)C(C)(C)C1. The van der Waals surface area contributed by atoms with E-state index in [1.165, 1.54) is 6.42 Å². The van der Waals surface area contributed by atoms with Crippen molar-refractivity contribution in [3.63, 3.8) is 0 Å². The Labute approximate surface area is 75.7 Å². The average molecular weight is 170 g/mol. The van der Waals surface area contributed by atoms with Gasteiger partial charge in [0.25, 0.3) is 0 Å². The van der Waals surface area contributed by atoms with Gasteiger partial charge < -0.3 is 11.5 Å². The van der Waals surface area contributed by atoms with E-state index in [2.05, 4.69) is 20.8 Å². The molecule has 4 N–H and O–H groups in total. The van der Waals surface area contributed by atoms with E-state index >= 15 is 0 Å². The summed E-state index contributed by atoms with van der Waals surface area (Å²) in [5.41, 5.74) is 12.1. The van der Waals surface area contributed by atoms with Crippen LogP contribution in [0.5, 0.6) is 0 Å². The van der Waals surface area contributed by atoms with Gasteiger partial charge in [0.15, 0.2) is 0 Å². The molecule has 1 aliphatic carbocycles. The topological polar surface area (TPSA) is 52.0 Å². The number of rotatable bonds is 1. The van der Waals surface area contributed by atoms with Crippen LogP contribution in [0, 0.1) is 17.3 Å². The lowest BCUT2D eigenvalue weighted by molar-refractivity contribution is 0.0863. The van der Waals surface area contributed by atoms with E-state index in [0.717, 1.165) is 18.9 Å². The number of hydrogen-bond donors (Lipinski definition) is 2. The molecule has 1 aliphatic rings. The molecule has 0 heterocycles. The van der Waals surface area contributed by atoms with Crippen LogP contribution in [-0.4, -0.2) is 12.6 Å². The van der Waals surface area contributed by atoms with Crippen molar-refractivity contribution in [2.75, 3.05) is 6.54 Å². The standard InChI is InChI=1S/C10H22N2/c1-7-4-9(12)8(6-11)10(2,3)5-7/h7-9H,4-6,11-12H2,1-3H3. The van der Waals surface area contributed by atoms with Crippen molar-refractivity contribution in [3.8, 4) is 0 Å². The van der Waals surface area contributed by atoms with E-state index < -0.39 is 0 Å². The Bertz CT molecular complexity index is 154. The summed E-state index contributed by atoms with van der Waals surface area (Å²) in [5.74, 6) is 1.27. The minimum Gasteiger partial charge on any atom is -0.330 e. The predicted octanol–water partition coefficient (Wildman–Crippen LogP) is 1.34. The Balaban J connectivity index is 2.71. The number of nitrogens with two attached hydrogens (primary N) is 2. The van der Waals surface area contributed by atoms with Crippen LogP contribution in [0.15, 0.2) is 0 Å². The second kappa shape index (κ2) is 3.35. The summed E-state index contributed by atoms with van der Waals surface area (Å²) >= 11 is 0. The molecular formula is C10H22N2. The van der Waals surface area contributed by atoms with Gasteiger partial charge in [0, 0.05) is 6.04 Å². The third kappa shape index (κ3) is 1.80. The largest absolute Gasteiger partial charge is 0.330 e. The molecule has 0 bridgehead atoms. The molecular weight excluding hydrogens is 148 g/mol. The maximum absolute atomic E-state index is 6.08. The van der Waals surface area contributed by atoms with E-state index in [1.54, 1.807) is 0 Å². The second-order valence-corrected chi connectivity index (χ2v) is 5.04. The van der Waals surface area contributed by atoms with Gasteiger partial charge in [-0.25, -0.2) is 0 Å². The maximum atomic E-state index is 6.08. The molecule has 0 amide bonds. The van der Waals surface area contributed by atoms with Crippen LogP contribution in [0.2, 0.25) is 0 Å². The van der Waals surface area contributed by atoms with Gasteiger partial charge in [-0.3, -0.25) is 0 Å². The van der Waals surface area contributed by atoms with E-state index in [-0.39, 0.29) is 0 Å². The molecule has 3 atom stereocenters. The molecule has 0 saturated heterocycles. The molecule has 1 rings (SSSR count). The summed E-state index contributed by atoms with van der Waals surface area (Å²) in [6.45, 7) is 7.61. The quantitative estimate of drug-likeness (QED) is 0.624. The molecule has 3 unspecified atom stereocenters. The lowest BCUT2D eigenvalue weighted by atomic mass is 9.63. The maximum Gasteiger partial charge on any atom is 0.00868 e. The monoisotopic (exact) mass is 170 g/mol. The lowest BCUT2D eigenvalue weighted by Crippen LogP contribution is -2.49. The summed E-state index contributed by atoms with van der Waals surface area (Å²) in [6.07, 6.45) is 2.41. The first-order valence-electron chi connectivity index (χ1n) is 4.93. The van der Waals surface area contributed by atoms with Crippen molar-refractivity contribution in [2.45, 2.75) is 39.7 Å². The first-order valence-corrected chi connectivity index (χ1v) is 4.93. The molecule has 1 fully saturated rings. The second-order valence-electron chi connectivity index (χ2n) is 5.04. The van der Waals surface area contributed by atoms with Gasteiger partial charge in [0.2, 0.25) is 0 Å². The van der Waals surface area contributed by atoms with Gasteiger partial charge in [0.1, 0.15) is 0 Å². The normalized spacial score (nSPS) is 41.2. The lowest BCUT2D eigenvalue weighted by Gasteiger charge is -2.44. The molecule has 0 aromatic rings. The molecule has 0 aromatic carbocycles. The Kier molecular flexibility index (Phi) is 2.79. The summed E-state index contributed by atoms with van der Waals surface area (Å²) in [5, 5.41) is 0. The molecule has 72 valence electrons. The predicted molar refractivity (Wildman–Crippen MR) is 52.7 cm³/mol. The molecule has 2 heteroatoms. The Morgan fingerprint density at radius 3 is 2.42 bits per heavy atom. The van der Waals surface area contributed by atoms with E-state index in [0.29, 0.717) is 17.4 Å². The fourth-order valence-corrected chi connectivity index (χ4v) is 2.84. The Morgan fingerprint density at radius 1 is 1.42 bits per heavy atom. The Hall–Kier alpha value is -0.0800. The molecule has 0 spiro atoms. The minimum absolute atomic E-state index is 0.314. The number of hydrogen-bond acceptors (Lipinski definition) is 2. The summed E-state index contributed by atoms with van der Waals surface area (Å²) in [7, 11) is 0. The summed E-state index contributed by atoms with van der Waals surface area (Å²) in [4.78, 5) is 0. The third-order valence-electron chi connectivity index (χ3n) is 3.32. The molecule has 2 nitrogen and oxygen atoms in total. The van der Waals surface area contributed by atoms with Gasteiger partial charge in [-0.15, -0.1) is 0 Å². The first kappa shape index (κ1) is 10.0. The van der Waals surface area contributed by atoms with Gasteiger partial charge >= 0.3 is 0 Å². The van der Waals surface area contributed by atoms with E-state index in [9.17, 15) is 0 Å². The van der Waals surface area contributed by atoms with Crippen LogP contribution in [0.4, 0.5) is 0 Å². The van der Waals surface area contributed by atoms with Crippen molar-refractivity contribution in [1.82, 2.24) is 0 Å². The van der Waals surface area contributed by atoms with Gasteiger partial charge in [-0.05, 0) is 36.6 Å². The smallest absolute Gasteiger partial charge is 0.00868 e. The summed E-state index contributed by atoms with van der Waals surface area (Å²) in [6, 6.07) is 0.314. The van der Waals surface area contributed by atoms with Crippen molar-refractivity contribution >= 4 is 0 Å². The van der Waals surface area contributed by atoms with Crippen molar-refractivity contribution < 1.29 is 0 Å². The molecule has 0 aliphatic heterocycles.